The highest BCUT2D eigenvalue weighted by Gasteiger charge is 2.24. The highest BCUT2D eigenvalue weighted by atomic mass is 32.2. The Labute approximate surface area is 154 Å². The van der Waals surface area contributed by atoms with Crippen molar-refractivity contribution in [2.45, 2.75) is 37.0 Å². The molecule has 0 bridgehead atoms. The molecule has 1 fully saturated rings. The summed E-state index contributed by atoms with van der Waals surface area (Å²) in [6, 6.07) is 17.4. The van der Waals surface area contributed by atoms with Gasteiger partial charge in [-0.3, -0.25) is 4.79 Å². The molecule has 2 aliphatic heterocycles. The van der Waals surface area contributed by atoms with Gasteiger partial charge in [-0.05, 0) is 66.5 Å². The van der Waals surface area contributed by atoms with Crippen LogP contribution in [0.15, 0.2) is 53.4 Å². The number of carbonyl (C=O) groups is 1. The van der Waals surface area contributed by atoms with Crippen LogP contribution in [0.4, 0.5) is 5.69 Å². The fraction of sp³-hybridized carbons (Fsp3) is 0.381. The molecule has 2 aromatic carbocycles. The first-order valence-corrected chi connectivity index (χ1v) is 9.87. The van der Waals surface area contributed by atoms with Crippen LogP contribution >= 0.6 is 11.9 Å². The lowest BCUT2D eigenvalue weighted by molar-refractivity contribution is -0.116. The van der Waals surface area contributed by atoms with Crippen molar-refractivity contribution in [3.63, 3.8) is 0 Å². The molecule has 0 spiro atoms. The van der Waals surface area contributed by atoms with Gasteiger partial charge < -0.3 is 4.90 Å². The minimum atomic E-state index is 0.141. The summed E-state index contributed by atoms with van der Waals surface area (Å²) in [6.45, 7) is 4.72. The van der Waals surface area contributed by atoms with E-state index in [4.69, 9.17) is 0 Å². The van der Waals surface area contributed by atoms with Crippen molar-refractivity contribution in [3.8, 4) is 0 Å². The third-order valence-corrected chi connectivity index (χ3v) is 6.37. The van der Waals surface area contributed by atoms with Crippen molar-refractivity contribution in [1.82, 2.24) is 4.31 Å². The second-order valence-corrected chi connectivity index (χ2v) is 8.09. The van der Waals surface area contributed by atoms with Crippen molar-refractivity contribution >= 4 is 23.5 Å². The van der Waals surface area contributed by atoms with E-state index in [0.29, 0.717) is 5.92 Å². The summed E-state index contributed by atoms with van der Waals surface area (Å²) in [6.07, 6.45) is 3.42. The van der Waals surface area contributed by atoms with Crippen molar-refractivity contribution in [2.75, 3.05) is 24.5 Å². The first-order chi connectivity index (χ1) is 12.2. The molecule has 0 aromatic heterocycles. The van der Waals surface area contributed by atoms with Crippen LogP contribution in [0.25, 0.3) is 0 Å². The third-order valence-electron chi connectivity index (χ3n) is 5.29. The van der Waals surface area contributed by atoms with Gasteiger partial charge in [0.05, 0.1) is 0 Å². The third kappa shape index (κ3) is 3.60. The maximum Gasteiger partial charge on any atom is 0.223 e. The number of piperidine rings is 1. The molecule has 2 heterocycles. The van der Waals surface area contributed by atoms with Gasteiger partial charge in [0.2, 0.25) is 5.91 Å². The van der Waals surface area contributed by atoms with E-state index in [2.05, 4.69) is 52.8 Å². The normalized spacial score (nSPS) is 18.4. The molecule has 2 aromatic rings. The summed E-state index contributed by atoms with van der Waals surface area (Å²) >= 11 is 1.87. The predicted octanol–water partition coefficient (Wildman–Crippen LogP) is 4.48. The van der Waals surface area contributed by atoms with E-state index in [1.807, 2.05) is 16.8 Å². The zero-order valence-electron chi connectivity index (χ0n) is 14.6. The molecule has 3 nitrogen and oxygen atoms in total. The van der Waals surface area contributed by atoms with E-state index in [1.165, 1.54) is 28.9 Å². The van der Waals surface area contributed by atoms with Crippen LogP contribution in [-0.4, -0.2) is 29.8 Å². The lowest BCUT2D eigenvalue weighted by Crippen LogP contribution is -2.27. The van der Waals surface area contributed by atoms with Crippen LogP contribution in [0.2, 0.25) is 0 Å². The standard InChI is InChI=1S/C21H24N2OS/c1-16(24)23-14-11-19-15-20(7-8-21(19)23)25-22-12-9-18(10-13-22)17-5-3-2-4-6-17/h2-8,15,18H,9-14H2,1H3. The molecule has 0 radical (unpaired) electrons. The molecule has 25 heavy (non-hydrogen) atoms. The Morgan fingerprint density at radius 2 is 1.80 bits per heavy atom. The minimum absolute atomic E-state index is 0.141. The Morgan fingerprint density at radius 1 is 1.04 bits per heavy atom. The largest absolute Gasteiger partial charge is 0.312 e. The van der Waals surface area contributed by atoms with E-state index in [9.17, 15) is 4.79 Å². The number of fused-ring (bicyclic) bond motifs is 1. The number of anilines is 1. The quantitative estimate of drug-likeness (QED) is 0.761. The zero-order chi connectivity index (χ0) is 17.2. The van der Waals surface area contributed by atoms with Gasteiger partial charge in [-0.1, -0.05) is 30.3 Å². The van der Waals surface area contributed by atoms with E-state index in [1.54, 1.807) is 6.92 Å². The predicted molar refractivity (Wildman–Crippen MR) is 104 cm³/mol. The highest BCUT2D eigenvalue weighted by Crippen LogP contribution is 2.36. The van der Waals surface area contributed by atoms with Crippen LogP contribution < -0.4 is 4.90 Å². The monoisotopic (exact) mass is 352 g/mol. The van der Waals surface area contributed by atoms with Gasteiger partial charge in [-0.2, -0.15) is 0 Å². The summed E-state index contributed by atoms with van der Waals surface area (Å²) in [5.41, 5.74) is 3.88. The Morgan fingerprint density at radius 3 is 2.52 bits per heavy atom. The van der Waals surface area contributed by atoms with E-state index in [0.717, 1.165) is 31.7 Å². The fourth-order valence-corrected chi connectivity index (χ4v) is 4.93. The molecule has 0 saturated carbocycles. The van der Waals surface area contributed by atoms with Crippen LogP contribution in [0.5, 0.6) is 0 Å². The van der Waals surface area contributed by atoms with E-state index >= 15 is 0 Å². The number of hydrogen-bond donors (Lipinski definition) is 0. The van der Waals surface area contributed by atoms with Crippen molar-refractivity contribution in [2.24, 2.45) is 0 Å². The maximum absolute atomic E-state index is 11.7. The average Bonchev–Trinajstić information content (AvgIpc) is 3.07. The summed E-state index contributed by atoms with van der Waals surface area (Å²) in [7, 11) is 0. The summed E-state index contributed by atoms with van der Waals surface area (Å²) in [5.74, 6) is 0.837. The van der Waals surface area contributed by atoms with Gasteiger partial charge in [0.25, 0.3) is 0 Å². The maximum atomic E-state index is 11.7. The molecular weight excluding hydrogens is 328 g/mol. The SMILES string of the molecule is CC(=O)N1CCc2cc(SN3CCC(c4ccccc4)CC3)ccc21. The molecule has 2 aliphatic rings. The Balaban J connectivity index is 1.37. The van der Waals surface area contributed by atoms with Crippen LogP contribution in [0, 0.1) is 0 Å². The average molecular weight is 353 g/mol. The lowest BCUT2D eigenvalue weighted by Gasteiger charge is -2.31. The molecular formula is C21H24N2OS. The van der Waals surface area contributed by atoms with Gasteiger partial charge >= 0.3 is 0 Å². The summed E-state index contributed by atoms with van der Waals surface area (Å²) < 4.78 is 2.48. The molecule has 0 atom stereocenters. The van der Waals surface area contributed by atoms with Crippen LogP contribution in [-0.2, 0) is 11.2 Å². The molecule has 1 amide bonds. The number of benzene rings is 2. The van der Waals surface area contributed by atoms with Gasteiger partial charge in [0, 0.05) is 37.1 Å². The minimum Gasteiger partial charge on any atom is -0.312 e. The van der Waals surface area contributed by atoms with Gasteiger partial charge in [-0.25, -0.2) is 4.31 Å². The van der Waals surface area contributed by atoms with Crippen molar-refractivity contribution in [3.05, 3.63) is 59.7 Å². The number of amides is 1. The van der Waals surface area contributed by atoms with Crippen LogP contribution in [0.1, 0.15) is 36.8 Å². The molecule has 1 saturated heterocycles. The van der Waals surface area contributed by atoms with Crippen molar-refractivity contribution < 1.29 is 4.79 Å². The second kappa shape index (κ2) is 7.22. The lowest BCUT2D eigenvalue weighted by atomic mass is 9.90. The first-order valence-electron chi connectivity index (χ1n) is 9.09. The first kappa shape index (κ1) is 16.7. The highest BCUT2D eigenvalue weighted by molar-refractivity contribution is 7.97. The fourth-order valence-electron chi connectivity index (χ4n) is 3.92. The number of hydrogen-bond acceptors (Lipinski definition) is 3. The molecule has 0 unspecified atom stereocenters. The number of carbonyl (C=O) groups excluding carboxylic acids is 1. The Kier molecular flexibility index (Phi) is 4.82. The summed E-state index contributed by atoms with van der Waals surface area (Å²) in [4.78, 5) is 14.8. The topological polar surface area (TPSA) is 23.6 Å². The molecule has 0 aliphatic carbocycles. The molecule has 130 valence electrons. The van der Waals surface area contributed by atoms with Crippen molar-refractivity contribution in [1.29, 1.82) is 0 Å². The van der Waals surface area contributed by atoms with Gasteiger partial charge in [0.15, 0.2) is 0 Å². The van der Waals surface area contributed by atoms with E-state index in [-0.39, 0.29) is 5.91 Å². The van der Waals surface area contributed by atoms with E-state index < -0.39 is 0 Å². The van der Waals surface area contributed by atoms with Crippen LogP contribution in [0.3, 0.4) is 0 Å². The van der Waals surface area contributed by atoms with Gasteiger partial charge in [-0.15, -0.1) is 0 Å². The molecule has 0 N–H and O–H groups in total. The number of nitrogens with zero attached hydrogens (tertiary/aromatic N) is 2. The Bertz CT molecular complexity index is 754. The second-order valence-electron chi connectivity index (χ2n) is 6.92. The zero-order valence-corrected chi connectivity index (χ0v) is 15.5. The molecule has 4 rings (SSSR count). The molecule has 4 heteroatoms. The number of rotatable bonds is 3. The summed E-state index contributed by atoms with van der Waals surface area (Å²) in [5, 5.41) is 0. The Hall–Kier alpha value is -1.78. The van der Waals surface area contributed by atoms with Gasteiger partial charge in [0.1, 0.15) is 0 Å². The smallest absolute Gasteiger partial charge is 0.223 e.